The lowest BCUT2D eigenvalue weighted by atomic mass is 9.79. The Bertz CT molecular complexity index is 1110. The quantitative estimate of drug-likeness (QED) is 0.204. The van der Waals surface area contributed by atoms with E-state index >= 15 is 0 Å². The Labute approximate surface area is 228 Å². The van der Waals surface area contributed by atoms with Crippen LogP contribution in [0.4, 0.5) is 8.78 Å². The van der Waals surface area contributed by atoms with Crippen molar-refractivity contribution in [2.24, 2.45) is 11.8 Å². The minimum Gasteiger partial charge on any atom is -0.494 e. The highest BCUT2D eigenvalue weighted by Gasteiger charge is 2.20. The zero-order chi connectivity index (χ0) is 26.7. The van der Waals surface area contributed by atoms with Crippen LogP contribution in [-0.4, -0.2) is 6.61 Å². The molecule has 1 aliphatic rings. The van der Waals surface area contributed by atoms with Crippen LogP contribution in [0.5, 0.6) is 5.75 Å². The first kappa shape index (κ1) is 28.3. The number of hydrogen-bond acceptors (Lipinski definition) is 1. The number of halogens is 2. The predicted octanol–water partition coefficient (Wildman–Crippen LogP) is 10.8. The smallest absolute Gasteiger partial charge is 0.166 e. The molecule has 0 atom stereocenters. The van der Waals surface area contributed by atoms with Crippen LogP contribution in [-0.2, 0) is 6.42 Å². The third-order valence-electron chi connectivity index (χ3n) is 8.32. The average molecular weight is 519 g/mol. The molecule has 0 radical (unpaired) electrons. The second-order valence-electron chi connectivity index (χ2n) is 11.1. The van der Waals surface area contributed by atoms with Crippen molar-refractivity contribution in [1.29, 1.82) is 0 Å². The van der Waals surface area contributed by atoms with Crippen LogP contribution in [0.3, 0.4) is 0 Å². The van der Waals surface area contributed by atoms with Gasteiger partial charge in [-0.15, -0.1) is 0 Å². The zero-order valence-corrected chi connectivity index (χ0v) is 23.3. The maximum atomic E-state index is 14.8. The molecule has 0 unspecified atom stereocenters. The largest absolute Gasteiger partial charge is 0.494 e. The molecule has 1 saturated carbocycles. The first-order chi connectivity index (χ1) is 18.6. The summed E-state index contributed by atoms with van der Waals surface area (Å²) in [5, 5.41) is 0. The number of aryl methyl sites for hydroxylation is 1. The maximum absolute atomic E-state index is 14.8. The Morgan fingerprint density at radius 1 is 0.632 bits per heavy atom. The van der Waals surface area contributed by atoms with Crippen LogP contribution >= 0.6 is 0 Å². The molecule has 0 aliphatic heterocycles. The van der Waals surface area contributed by atoms with E-state index in [9.17, 15) is 8.78 Å². The topological polar surface area (TPSA) is 9.23 Å². The maximum Gasteiger partial charge on any atom is 0.166 e. The van der Waals surface area contributed by atoms with Gasteiger partial charge in [-0.3, -0.25) is 0 Å². The highest BCUT2D eigenvalue weighted by molar-refractivity contribution is 5.71. The Hall–Kier alpha value is -2.68. The van der Waals surface area contributed by atoms with E-state index in [0.29, 0.717) is 23.1 Å². The molecule has 3 aromatic rings. The molecule has 204 valence electrons. The van der Waals surface area contributed by atoms with E-state index in [0.717, 1.165) is 61.0 Å². The summed E-state index contributed by atoms with van der Waals surface area (Å²) >= 11 is 0. The summed E-state index contributed by atoms with van der Waals surface area (Å²) in [7, 11) is 0. The fourth-order valence-corrected chi connectivity index (χ4v) is 5.80. The Kier molecular flexibility index (Phi) is 10.8. The van der Waals surface area contributed by atoms with Crippen molar-refractivity contribution >= 4 is 0 Å². The summed E-state index contributed by atoms with van der Waals surface area (Å²) in [5.41, 5.74) is 3.58. The summed E-state index contributed by atoms with van der Waals surface area (Å²) in [4.78, 5) is 0. The van der Waals surface area contributed by atoms with E-state index in [1.165, 1.54) is 44.9 Å². The van der Waals surface area contributed by atoms with Crippen molar-refractivity contribution < 1.29 is 13.5 Å². The molecule has 1 nitrogen and oxygen atoms in total. The molecule has 3 heteroatoms. The molecular weight excluding hydrogens is 474 g/mol. The SMILES string of the molecule is CCCCCc1ccc(-c2ccc(-c3ccc(OCCC4CCC(CCCC)CC4)cc3)cc2)c(F)c1F. The summed E-state index contributed by atoms with van der Waals surface area (Å²) in [6, 6.07) is 19.3. The lowest BCUT2D eigenvalue weighted by molar-refractivity contribution is 0.210. The number of rotatable bonds is 13. The molecule has 4 rings (SSSR count). The number of ether oxygens (including phenoxy) is 1. The fourth-order valence-electron chi connectivity index (χ4n) is 5.80. The van der Waals surface area contributed by atoms with E-state index in [-0.39, 0.29) is 0 Å². The van der Waals surface area contributed by atoms with Gasteiger partial charge in [-0.05, 0) is 65.5 Å². The van der Waals surface area contributed by atoms with E-state index in [2.05, 4.69) is 26.0 Å². The van der Waals surface area contributed by atoms with Crippen LogP contribution in [0.2, 0.25) is 0 Å². The van der Waals surface area contributed by atoms with Gasteiger partial charge < -0.3 is 4.74 Å². The van der Waals surface area contributed by atoms with E-state index in [1.54, 1.807) is 12.1 Å². The van der Waals surface area contributed by atoms with Gasteiger partial charge in [0.1, 0.15) is 5.75 Å². The second kappa shape index (κ2) is 14.5. The van der Waals surface area contributed by atoms with Crippen molar-refractivity contribution in [3.05, 3.63) is 77.9 Å². The molecule has 1 aliphatic carbocycles. The monoisotopic (exact) mass is 518 g/mol. The molecule has 0 saturated heterocycles. The van der Waals surface area contributed by atoms with Gasteiger partial charge in [-0.1, -0.05) is 120 Å². The molecular formula is C35H44F2O. The minimum atomic E-state index is -0.752. The van der Waals surface area contributed by atoms with Crippen molar-refractivity contribution in [2.45, 2.75) is 90.9 Å². The first-order valence-corrected chi connectivity index (χ1v) is 14.9. The second-order valence-corrected chi connectivity index (χ2v) is 11.1. The highest BCUT2D eigenvalue weighted by atomic mass is 19.2. The third-order valence-corrected chi connectivity index (χ3v) is 8.32. The summed E-state index contributed by atoms with van der Waals surface area (Å²) in [6.07, 6.45) is 14.3. The van der Waals surface area contributed by atoms with Crippen LogP contribution in [0.15, 0.2) is 60.7 Å². The van der Waals surface area contributed by atoms with Gasteiger partial charge >= 0.3 is 0 Å². The zero-order valence-electron chi connectivity index (χ0n) is 23.3. The highest BCUT2D eigenvalue weighted by Crippen LogP contribution is 2.34. The van der Waals surface area contributed by atoms with E-state index in [4.69, 9.17) is 4.74 Å². The van der Waals surface area contributed by atoms with Crippen LogP contribution < -0.4 is 4.74 Å². The molecule has 0 heterocycles. The predicted molar refractivity (Wildman–Crippen MR) is 156 cm³/mol. The standard InChI is InChI=1S/C35H44F2O/c1-3-5-7-9-31-20-23-33(35(37)34(31)36)30-16-14-28(15-17-30)29-18-21-32(22-19-29)38-25-24-27-12-10-26(11-13-27)8-6-4-2/h14-23,26-27H,3-13,24-25H2,1-2H3. The molecule has 0 spiro atoms. The van der Waals surface area contributed by atoms with Gasteiger partial charge in [0, 0.05) is 5.56 Å². The molecule has 0 bridgehead atoms. The van der Waals surface area contributed by atoms with Gasteiger partial charge in [0.2, 0.25) is 0 Å². The van der Waals surface area contributed by atoms with Crippen molar-refractivity contribution in [1.82, 2.24) is 0 Å². The molecule has 1 fully saturated rings. The van der Waals surface area contributed by atoms with Gasteiger partial charge in [-0.2, -0.15) is 0 Å². The normalized spacial score (nSPS) is 17.5. The van der Waals surface area contributed by atoms with E-state index in [1.807, 2.05) is 36.4 Å². The Morgan fingerprint density at radius 3 is 1.84 bits per heavy atom. The van der Waals surface area contributed by atoms with Gasteiger partial charge in [0.25, 0.3) is 0 Å². The van der Waals surface area contributed by atoms with Crippen LogP contribution in [0.1, 0.15) is 90.0 Å². The lowest BCUT2D eigenvalue weighted by Gasteiger charge is -2.28. The van der Waals surface area contributed by atoms with Gasteiger partial charge in [0.05, 0.1) is 6.61 Å². The van der Waals surface area contributed by atoms with Crippen molar-refractivity contribution in [3.63, 3.8) is 0 Å². The van der Waals surface area contributed by atoms with Crippen molar-refractivity contribution in [3.8, 4) is 28.0 Å². The molecule has 0 amide bonds. The Morgan fingerprint density at radius 2 is 1.21 bits per heavy atom. The van der Waals surface area contributed by atoms with Gasteiger partial charge in [0.15, 0.2) is 11.6 Å². The van der Waals surface area contributed by atoms with Crippen molar-refractivity contribution in [2.75, 3.05) is 6.61 Å². The number of unbranched alkanes of at least 4 members (excludes halogenated alkanes) is 3. The summed E-state index contributed by atoms with van der Waals surface area (Å²) in [5.74, 6) is 1.20. The lowest BCUT2D eigenvalue weighted by Crippen LogP contribution is -2.16. The third kappa shape index (κ3) is 7.68. The Balaban J connectivity index is 1.28. The molecule has 38 heavy (non-hydrogen) atoms. The van der Waals surface area contributed by atoms with E-state index < -0.39 is 11.6 Å². The van der Waals surface area contributed by atoms with Crippen LogP contribution in [0.25, 0.3) is 22.3 Å². The summed E-state index contributed by atoms with van der Waals surface area (Å²) < 4.78 is 35.5. The summed E-state index contributed by atoms with van der Waals surface area (Å²) in [6.45, 7) is 5.16. The number of benzene rings is 3. The molecule has 3 aromatic carbocycles. The van der Waals surface area contributed by atoms with Crippen LogP contribution in [0, 0.1) is 23.5 Å². The fraction of sp³-hybridized carbons (Fsp3) is 0.486. The molecule has 0 N–H and O–H groups in total. The molecule has 0 aromatic heterocycles. The number of hydrogen-bond donors (Lipinski definition) is 0. The minimum absolute atomic E-state index is 0.312. The van der Waals surface area contributed by atoms with Gasteiger partial charge in [-0.25, -0.2) is 8.78 Å². The average Bonchev–Trinajstić information content (AvgIpc) is 2.95. The first-order valence-electron chi connectivity index (χ1n) is 14.9.